The van der Waals surface area contributed by atoms with Crippen LogP contribution < -0.4 is 10.5 Å². The molecular weight excluding hydrogens is 290 g/mol. The SMILES string of the molecule is CCOc1ccc(N)cc1CSCc1ccccc1Cl. The minimum absolute atomic E-state index is 0.659. The number of nitrogen functional groups attached to an aromatic ring is 1. The fraction of sp³-hybridized carbons (Fsp3) is 0.250. The summed E-state index contributed by atoms with van der Waals surface area (Å²) in [5.74, 6) is 2.64. The standard InChI is InChI=1S/C16H18ClNOS/c1-2-19-16-8-7-14(18)9-13(16)11-20-10-12-5-3-4-6-15(12)17/h3-9H,2,10-11,18H2,1H3. The number of rotatable bonds is 6. The predicted molar refractivity (Wildman–Crippen MR) is 88.5 cm³/mol. The van der Waals surface area contributed by atoms with Crippen molar-refractivity contribution >= 4 is 29.1 Å². The number of nitrogens with two attached hydrogens (primary N) is 1. The van der Waals surface area contributed by atoms with Crippen LogP contribution >= 0.6 is 23.4 Å². The molecule has 2 rings (SSSR count). The molecular formula is C16H18ClNOS. The molecule has 0 bridgehead atoms. The predicted octanol–water partition coefficient (Wildman–Crippen LogP) is 4.75. The highest BCUT2D eigenvalue weighted by atomic mass is 35.5. The van der Waals surface area contributed by atoms with E-state index in [9.17, 15) is 0 Å². The molecule has 2 nitrogen and oxygen atoms in total. The summed E-state index contributed by atoms with van der Waals surface area (Å²) in [5, 5.41) is 0.817. The zero-order valence-corrected chi connectivity index (χ0v) is 13.0. The molecule has 0 spiro atoms. The smallest absolute Gasteiger partial charge is 0.123 e. The van der Waals surface area contributed by atoms with E-state index in [0.29, 0.717) is 6.61 Å². The Balaban J connectivity index is 2.00. The molecule has 0 saturated carbocycles. The summed E-state index contributed by atoms with van der Waals surface area (Å²) in [4.78, 5) is 0. The van der Waals surface area contributed by atoms with E-state index in [2.05, 4.69) is 6.07 Å². The second-order valence-corrected chi connectivity index (χ2v) is 5.78. The third kappa shape index (κ3) is 4.09. The molecule has 2 N–H and O–H groups in total. The normalized spacial score (nSPS) is 10.5. The molecule has 2 aromatic carbocycles. The van der Waals surface area contributed by atoms with E-state index < -0.39 is 0 Å². The Labute approximate surface area is 129 Å². The molecule has 0 aliphatic rings. The topological polar surface area (TPSA) is 35.2 Å². The van der Waals surface area contributed by atoms with Crippen molar-refractivity contribution in [3.63, 3.8) is 0 Å². The highest BCUT2D eigenvalue weighted by Gasteiger charge is 2.05. The molecule has 20 heavy (non-hydrogen) atoms. The van der Waals surface area contributed by atoms with Gasteiger partial charge >= 0.3 is 0 Å². The molecule has 0 saturated heterocycles. The average Bonchev–Trinajstić information content (AvgIpc) is 2.44. The van der Waals surface area contributed by atoms with E-state index in [1.807, 2.05) is 43.3 Å². The van der Waals surface area contributed by atoms with Crippen LogP contribution in [0.2, 0.25) is 5.02 Å². The van der Waals surface area contributed by atoms with Crippen molar-refractivity contribution in [3.8, 4) is 5.75 Å². The second-order valence-electron chi connectivity index (χ2n) is 4.38. The zero-order valence-electron chi connectivity index (χ0n) is 11.4. The van der Waals surface area contributed by atoms with Gasteiger partial charge in [-0.2, -0.15) is 11.8 Å². The lowest BCUT2D eigenvalue weighted by Gasteiger charge is -2.11. The van der Waals surface area contributed by atoms with Crippen LogP contribution in [0, 0.1) is 0 Å². The Kier molecular flexibility index (Phi) is 5.62. The fourth-order valence-corrected chi connectivity index (χ4v) is 3.20. The molecule has 0 heterocycles. The van der Waals surface area contributed by atoms with E-state index in [4.69, 9.17) is 22.1 Å². The van der Waals surface area contributed by atoms with Crippen LogP contribution in [0.3, 0.4) is 0 Å². The maximum absolute atomic E-state index is 6.15. The monoisotopic (exact) mass is 307 g/mol. The molecule has 0 radical (unpaired) electrons. The van der Waals surface area contributed by atoms with Crippen LogP contribution in [-0.2, 0) is 11.5 Å². The first-order chi connectivity index (χ1) is 9.70. The van der Waals surface area contributed by atoms with E-state index >= 15 is 0 Å². The lowest BCUT2D eigenvalue weighted by molar-refractivity contribution is 0.337. The van der Waals surface area contributed by atoms with Gasteiger partial charge in [0, 0.05) is 27.8 Å². The Morgan fingerprint density at radius 3 is 2.60 bits per heavy atom. The third-order valence-corrected chi connectivity index (χ3v) is 4.26. The molecule has 2 aromatic rings. The Morgan fingerprint density at radius 2 is 1.85 bits per heavy atom. The van der Waals surface area contributed by atoms with Crippen molar-refractivity contribution in [1.82, 2.24) is 0 Å². The van der Waals surface area contributed by atoms with Gasteiger partial charge in [-0.3, -0.25) is 0 Å². The van der Waals surface area contributed by atoms with E-state index in [1.165, 1.54) is 0 Å². The molecule has 0 unspecified atom stereocenters. The molecule has 106 valence electrons. The largest absolute Gasteiger partial charge is 0.494 e. The zero-order chi connectivity index (χ0) is 14.4. The van der Waals surface area contributed by atoms with Crippen LogP contribution in [0.1, 0.15) is 18.1 Å². The molecule has 0 amide bonds. The lowest BCUT2D eigenvalue weighted by atomic mass is 10.2. The minimum atomic E-state index is 0.659. The summed E-state index contributed by atoms with van der Waals surface area (Å²) >= 11 is 7.96. The maximum atomic E-state index is 6.15. The fourth-order valence-electron chi connectivity index (χ4n) is 1.89. The Bertz CT molecular complexity index is 574. The number of anilines is 1. The van der Waals surface area contributed by atoms with Gasteiger partial charge in [0.25, 0.3) is 0 Å². The first kappa shape index (κ1) is 15.1. The average molecular weight is 308 g/mol. The Morgan fingerprint density at radius 1 is 1.10 bits per heavy atom. The van der Waals surface area contributed by atoms with Crippen LogP contribution in [-0.4, -0.2) is 6.61 Å². The Hall–Kier alpha value is -1.32. The highest BCUT2D eigenvalue weighted by Crippen LogP contribution is 2.28. The first-order valence-corrected chi connectivity index (χ1v) is 8.06. The molecule has 0 aliphatic carbocycles. The van der Waals surface area contributed by atoms with Gasteiger partial charge in [-0.25, -0.2) is 0 Å². The first-order valence-electron chi connectivity index (χ1n) is 6.53. The van der Waals surface area contributed by atoms with Gasteiger partial charge in [-0.05, 0) is 36.8 Å². The number of hydrogen-bond donors (Lipinski definition) is 1. The lowest BCUT2D eigenvalue weighted by Crippen LogP contribution is -1.97. The third-order valence-electron chi connectivity index (χ3n) is 2.86. The van der Waals surface area contributed by atoms with Crippen molar-refractivity contribution in [2.75, 3.05) is 12.3 Å². The second kappa shape index (κ2) is 7.46. The molecule has 0 aliphatic heterocycles. The van der Waals surface area contributed by atoms with E-state index in [1.54, 1.807) is 11.8 Å². The van der Waals surface area contributed by atoms with Gasteiger partial charge in [0.1, 0.15) is 5.75 Å². The van der Waals surface area contributed by atoms with Gasteiger partial charge < -0.3 is 10.5 Å². The van der Waals surface area contributed by atoms with Crippen molar-refractivity contribution < 1.29 is 4.74 Å². The molecule has 0 fully saturated rings. The van der Waals surface area contributed by atoms with Crippen LogP contribution in [0.15, 0.2) is 42.5 Å². The van der Waals surface area contributed by atoms with Gasteiger partial charge in [0.05, 0.1) is 6.61 Å². The van der Waals surface area contributed by atoms with Crippen molar-refractivity contribution in [1.29, 1.82) is 0 Å². The van der Waals surface area contributed by atoms with Crippen LogP contribution in [0.5, 0.6) is 5.75 Å². The summed E-state index contributed by atoms with van der Waals surface area (Å²) in [6.07, 6.45) is 0. The minimum Gasteiger partial charge on any atom is -0.494 e. The van der Waals surface area contributed by atoms with Crippen molar-refractivity contribution in [3.05, 3.63) is 58.6 Å². The summed E-state index contributed by atoms with van der Waals surface area (Å²) < 4.78 is 5.62. The summed E-state index contributed by atoms with van der Waals surface area (Å²) in [5.41, 5.74) is 8.89. The highest BCUT2D eigenvalue weighted by molar-refractivity contribution is 7.97. The van der Waals surface area contributed by atoms with Gasteiger partial charge in [-0.1, -0.05) is 29.8 Å². The van der Waals surface area contributed by atoms with E-state index in [0.717, 1.165) is 39.1 Å². The number of ether oxygens (including phenoxy) is 1. The van der Waals surface area contributed by atoms with Gasteiger partial charge in [0.15, 0.2) is 0 Å². The van der Waals surface area contributed by atoms with Crippen LogP contribution in [0.25, 0.3) is 0 Å². The quantitative estimate of drug-likeness (QED) is 0.782. The number of thioether (sulfide) groups is 1. The van der Waals surface area contributed by atoms with Gasteiger partial charge in [0.2, 0.25) is 0 Å². The summed E-state index contributed by atoms with van der Waals surface area (Å²) in [7, 11) is 0. The summed E-state index contributed by atoms with van der Waals surface area (Å²) in [6.45, 7) is 2.64. The van der Waals surface area contributed by atoms with Crippen molar-refractivity contribution in [2.45, 2.75) is 18.4 Å². The van der Waals surface area contributed by atoms with Crippen molar-refractivity contribution in [2.24, 2.45) is 0 Å². The summed E-state index contributed by atoms with van der Waals surface area (Å²) in [6, 6.07) is 13.7. The number of benzene rings is 2. The molecule has 0 aromatic heterocycles. The maximum Gasteiger partial charge on any atom is 0.123 e. The van der Waals surface area contributed by atoms with E-state index in [-0.39, 0.29) is 0 Å². The molecule has 0 atom stereocenters. The van der Waals surface area contributed by atoms with Gasteiger partial charge in [-0.15, -0.1) is 0 Å². The van der Waals surface area contributed by atoms with Crippen LogP contribution in [0.4, 0.5) is 5.69 Å². The molecule has 4 heteroatoms. The number of hydrogen-bond acceptors (Lipinski definition) is 3. The number of halogens is 1.